The molecule has 10 nitrogen and oxygen atoms in total. The number of carbonyl (C=O) groups excluding carboxylic acids is 1. The van der Waals surface area contributed by atoms with Crippen molar-refractivity contribution in [3.8, 4) is 11.3 Å². The van der Waals surface area contributed by atoms with Crippen LogP contribution in [-0.4, -0.2) is 42.6 Å². The highest BCUT2D eigenvalue weighted by Crippen LogP contribution is 2.30. The molecule has 0 unspecified atom stereocenters. The molecule has 43 heavy (non-hydrogen) atoms. The van der Waals surface area contributed by atoms with Gasteiger partial charge in [-0.2, -0.15) is 0 Å². The number of nitrogens with two attached hydrogens (primary N) is 1. The fourth-order valence-electron chi connectivity index (χ4n) is 4.18. The fraction of sp³-hybridized carbons (Fsp3) is 0.200. The van der Waals surface area contributed by atoms with Crippen LogP contribution in [0.2, 0.25) is 0 Å². The van der Waals surface area contributed by atoms with Gasteiger partial charge in [0.1, 0.15) is 11.5 Å². The lowest BCUT2D eigenvalue weighted by Crippen LogP contribution is -2.30. The molecule has 1 heterocycles. The molecule has 1 atom stereocenters. The van der Waals surface area contributed by atoms with Gasteiger partial charge in [0, 0.05) is 34.5 Å². The van der Waals surface area contributed by atoms with Gasteiger partial charge in [-0.15, -0.1) is 11.8 Å². The quantitative estimate of drug-likeness (QED) is 0.0702. The van der Waals surface area contributed by atoms with E-state index in [0.717, 1.165) is 23.8 Å². The van der Waals surface area contributed by atoms with E-state index in [9.17, 15) is 27.7 Å². The van der Waals surface area contributed by atoms with Crippen LogP contribution in [0.1, 0.15) is 29.6 Å². The van der Waals surface area contributed by atoms with Crippen molar-refractivity contribution >= 4 is 39.1 Å². The van der Waals surface area contributed by atoms with Gasteiger partial charge in [-0.3, -0.25) is 19.9 Å². The van der Waals surface area contributed by atoms with Gasteiger partial charge in [0.25, 0.3) is 21.6 Å². The van der Waals surface area contributed by atoms with E-state index in [1.807, 2.05) is 35.1 Å². The second kappa shape index (κ2) is 14.7. The van der Waals surface area contributed by atoms with Crippen molar-refractivity contribution in [1.29, 1.82) is 0 Å². The summed E-state index contributed by atoms with van der Waals surface area (Å²) in [7, 11) is -4.46. The summed E-state index contributed by atoms with van der Waals surface area (Å²) in [5.74, 6) is -0.741. The van der Waals surface area contributed by atoms with Crippen LogP contribution in [0.25, 0.3) is 11.3 Å². The molecule has 4 rings (SSSR count). The van der Waals surface area contributed by atoms with Gasteiger partial charge in [-0.05, 0) is 80.1 Å². The Hall–Kier alpha value is -4.33. The largest absolute Gasteiger partial charge is 0.376 e. The highest BCUT2D eigenvalue weighted by molar-refractivity contribution is 7.99. The zero-order valence-electron chi connectivity index (χ0n) is 23.0. The van der Waals surface area contributed by atoms with Crippen molar-refractivity contribution < 1.29 is 22.5 Å². The number of hydrogen-bond donors (Lipinski definition) is 3. The summed E-state index contributed by atoms with van der Waals surface area (Å²) in [4.78, 5) is 28.8. The maximum absolute atomic E-state index is 13.2. The molecule has 0 aliphatic rings. The maximum atomic E-state index is 13.2. The summed E-state index contributed by atoms with van der Waals surface area (Å²) in [6, 6.07) is 21.5. The molecule has 4 aromatic rings. The third-order valence-electron chi connectivity index (χ3n) is 6.43. The molecule has 0 saturated carbocycles. The van der Waals surface area contributed by atoms with Gasteiger partial charge < -0.3 is 11.1 Å². The number of nitrogens with one attached hydrogen (secondary N) is 2. The number of aromatic nitrogens is 1. The predicted molar refractivity (Wildman–Crippen MR) is 165 cm³/mol. The fourth-order valence-corrected chi connectivity index (χ4v) is 6.16. The van der Waals surface area contributed by atoms with E-state index >= 15 is 0 Å². The third kappa shape index (κ3) is 8.83. The standard InChI is InChI=1S/C30H30FN5O5S2/c31-23-12-9-21(10-13-23)27-15-11-22(19-33-27)30(37)35-43(40,41)26-14-16-28(29(18-26)36(38)39)34-24(6-4-5-17-32)20-42-25-7-2-1-3-8-25/h1-3,7-16,18-19,24,34H,4-6,17,20,32H2,(H,35,37)/t24-/m1/s1. The lowest BCUT2D eigenvalue weighted by atomic mass is 10.1. The van der Waals surface area contributed by atoms with E-state index in [2.05, 4.69) is 10.3 Å². The molecule has 4 N–H and O–H groups in total. The summed E-state index contributed by atoms with van der Waals surface area (Å²) in [5, 5.41) is 15.2. The summed E-state index contributed by atoms with van der Waals surface area (Å²) < 4.78 is 41.2. The van der Waals surface area contributed by atoms with Crippen LogP contribution >= 0.6 is 11.8 Å². The van der Waals surface area contributed by atoms with Gasteiger partial charge in [0.2, 0.25) is 0 Å². The van der Waals surface area contributed by atoms with E-state index < -0.39 is 37.3 Å². The monoisotopic (exact) mass is 623 g/mol. The molecule has 0 aliphatic heterocycles. The molecule has 3 aromatic carbocycles. The average Bonchev–Trinajstić information content (AvgIpc) is 3.00. The predicted octanol–water partition coefficient (Wildman–Crippen LogP) is 5.62. The van der Waals surface area contributed by atoms with Crippen molar-refractivity contribution in [2.75, 3.05) is 17.6 Å². The van der Waals surface area contributed by atoms with E-state index in [4.69, 9.17) is 5.73 Å². The minimum absolute atomic E-state index is 0.0431. The first-order valence-electron chi connectivity index (χ1n) is 13.4. The van der Waals surface area contributed by atoms with Crippen molar-refractivity contribution in [2.45, 2.75) is 35.1 Å². The number of pyridine rings is 1. The van der Waals surface area contributed by atoms with Gasteiger partial charge in [0.05, 0.1) is 21.1 Å². The third-order valence-corrected chi connectivity index (χ3v) is 8.93. The molecular weight excluding hydrogens is 593 g/mol. The molecule has 1 aromatic heterocycles. The number of nitro groups is 1. The van der Waals surface area contributed by atoms with Crippen molar-refractivity contribution in [2.24, 2.45) is 5.73 Å². The lowest BCUT2D eigenvalue weighted by molar-refractivity contribution is -0.384. The van der Waals surface area contributed by atoms with E-state index in [0.29, 0.717) is 30.0 Å². The van der Waals surface area contributed by atoms with Crippen LogP contribution in [0.5, 0.6) is 0 Å². The van der Waals surface area contributed by atoms with Gasteiger partial charge >= 0.3 is 0 Å². The number of rotatable bonds is 14. The number of amides is 1. The number of halogens is 1. The van der Waals surface area contributed by atoms with Crippen LogP contribution in [0, 0.1) is 15.9 Å². The summed E-state index contributed by atoms with van der Waals surface area (Å²) in [6.45, 7) is 0.533. The van der Waals surface area contributed by atoms with Crippen LogP contribution < -0.4 is 15.8 Å². The Balaban J connectivity index is 1.49. The van der Waals surface area contributed by atoms with Gasteiger partial charge in [0.15, 0.2) is 0 Å². The Morgan fingerprint density at radius 1 is 1.02 bits per heavy atom. The molecule has 1 amide bonds. The molecule has 0 aliphatic carbocycles. The Morgan fingerprint density at radius 3 is 2.42 bits per heavy atom. The first kappa shape index (κ1) is 31.6. The summed E-state index contributed by atoms with van der Waals surface area (Å²) >= 11 is 1.61. The molecule has 13 heteroatoms. The molecular formula is C30H30FN5O5S2. The zero-order valence-corrected chi connectivity index (χ0v) is 24.6. The van der Waals surface area contributed by atoms with E-state index in [-0.39, 0.29) is 17.3 Å². The minimum atomic E-state index is -4.46. The molecule has 0 spiro atoms. The van der Waals surface area contributed by atoms with Crippen molar-refractivity contribution in [1.82, 2.24) is 9.71 Å². The summed E-state index contributed by atoms with van der Waals surface area (Å²) in [5.41, 5.74) is 6.41. The number of anilines is 1. The van der Waals surface area contributed by atoms with Gasteiger partial charge in [-0.25, -0.2) is 17.5 Å². The second-order valence-electron chi connectivity index (χ2n) is 9.56. The summed E-state index contributed by atoms with van der Waals surface area (Å²) in [6.07, 6.45) is 3.52. The number of thioether (sulfide) groups is 1. The average molecular weight is 624 g/mol. The number of unbranched alkanes of at least 4 members (excludes halogenated alkanes) is 1. The van der Waals surface area contributed by atoms with Crippen LogP contribution in [0.15, 0.2) is 101 Å². The number of sulfonamides is 1. The van der Waals surface area contributed by atoms with Crippen molar-refractivity contribution in [3.63, 3.8) is 0 Å². The number of nitro benzene ring substituents is 1. The molecule has 0 radical (unpaired) electrons. The van der Waals surface area contributed by atoms with Crippen LogP contribution in [0.4, 0.5) is 15.8 Å². The van der Waals surface area contributed by atoms with Crippen LogP contribution in [-0.2, 0) is 10.0 Å². The highest BCUT2D eigenvalue weighted by Gasteiger charge is 2.25. The molecule has 224 valence electrons. The topological polar surface area (TPSA) is 157 Å². The SMILES string of the molecule is NCCCC[C@H](CSc1ccccc1)Nc1ccc(S(=O)(=O)NC(=O)c2ccc(-c3ccc(F)cc3)nc2)cc1[N+](=O)[O-]. The number of carbonyl (C=O) groups is 1. The van der Waals surface area contributed by atoms with Crippen molar-refractivity contribution in [3.05, 3.63) is 113 Å². The maximum Gasteiger partial charge on any atom is 0.293 e. The molecule has 0 bridgehead atoms. The zero-order chi connectivity index (χ0) is 30.8. The number of hydrogen-bond acceptors (Lipinski definition) is 9. The van der Waals surface area contributed by atoms with E-state index in [1.54, 1.807) is 11.8 Å². The minimum Gasteiger partial charge on any atom is -0.376 e. The van der Waals surface area contributed by atoms with Crippen LogP contribution in [0.3, 0.4) is 0 Å². The van der Waals surface area contributed by atoms with Gasteiger partial charge in [-0.1, -0.05) is 24.6 Å². The first-order chi connectivity index (χ1) is 20.7. The van der Waals surface area contributed by atoms with E-state index in [1.165, 1.54) is 54.7 Å². The Labute approximate surface area is 253 Å². The normalized spacial score (nSPS) is 12.0. The molecule has 0 saturated heterocycles. The number of nitrogens with zero attached hydrogens (tertiary/aromatic N) is 2. The Kier molecular flexibility index (Phi) is 10.8. The lowest BCUT2D eigenvalue weighted by Gasteiger charge is -2.20. The Bertz CT molecular complexity index is 1660. The first-order valence-corrected chi connectivity index (χ1v) is 15.8. The molecule has 0 fully saturated rings. The highest BCUT2D eigenvalue weighted by atomic mass is 32.2. The Morgan fingerprint density at radius 2 is 1.77 bits per heavy atom. The second-order valence-corrected chi connectivity index (χ2v) is 12.3. The number of benzene rings is 3. The smallest absolute Gasteiger partial charge is 0.293 e.